The van der Waals surface area contributed by atoms with Crippen molar-refractivity contribution in [3.05, 3.63) is 21.9 Å². The van der Waals surface area contributed by atoms with Gasteiger partial charge in [-0.3, -0.25) is 0 Å². The Morgan fingerprint density at radius 1 is 1.39 bits per heavy atom. The number of hydrogen-bond donors (Lipinski definition) is 2. The molecule has 0 spiro atoms. The molecular weight excluding hydrogens is 246 g/mol. The molecule has 2 rings (SSSR count). The van der Waals surface area contributed by atoms with Gasteiger partial charge in [-0.1, -0.05) is 27.7 Å². The van der Waals surface area contributed by atoms with Crippen LogP contribution in [0.4, 0.5) is 0 Å². The molecule has 1 aliphatic carbocycles. The third kappa shape index (κ3) is 2.08. The van der Waals surface area contributed by atoms with Gasteiger partial charge >= 0.3 is 5.97 Å². The van der Waals surface area contributed by atoms with E-state index in [0.717, 1.165) is 12.1 Å². The largest absolute Gasteiger partial charge is 0.477 e. The molecule has 1 aromatic rings. The summed E-state index contributed by atoms with van der Waals surface area (Å²) in [6, 6.07) is 1.89. The fraction of sp³-hybridized carbons (Fsp3) is 0.643. The van der Waals surface area contributed by atoms with Crippen LogP contribution in [-0.4, -0.2) is 17.6 Å². The summed E-state index contributed by atoms with van der Waals surface area (Å²) in [7, 11) is 0. The molecule has 0 aromatic carbocycles. The zero-order chi connectivity index (χ0) is 13.6. The Morgan fingerprint density at radius 3 is 2.50 bits per heavy atom. The molecule has 0 aliphatic heterocycles. The maximum Gasteiger partial charge on any atom is 0.346 e. The van der Waals surface area contributed by atoms with Crippen LogP contribution in [0.2, 0.25) is 0 Å². The first-order valence-electron chi connectivity index (χ1n) is 6.29. The quantitative estimate of drug-likeness (QED) is 0.861. The van der Waals surface area contributed by atoms with Crippen molar-refractivity contribution in [3.63, 3.8) is 0 Å². The number of carboxylic acids is 1. The van der Waals surface area contributed by atoms with Crippen LogP contribution in [-0.2, 0) is 6.54 Å². The van der Waals surface area contributed by atoms with E-state index in [0.29, 0.717) is 28.2 Å². The molecule has 0 saturated heterocycles. The Bertz CT molecular complexity index is 448. The molecule has 0 amide bonds. The molecule has 0 bridgehead atoms. The van der Waals surface area contributed by atoms with Gasteiger partial charge in [0.05, 0.1) is 0 Å². The predicted octanol–water partition coefficient (Wildman–Crippen LogP) is 3.22. The van der Waals surface area contributed by atoms with E-state index in [1.807, 2.05) is 11.4 Å². The van der Waals surface area contributed by atoms with Crippen molar-refractivity contribution in [1.82, 2.24) is 5.32 Å². The Kier molecular flexibility index (Phi) is 3.28. The number of carboxylic acid groups (broad SMARTS) is 1. The summed E-state index contributed by atoms with van der Waals surface area (Å²) in [5, 5.41) is 14.3. The van der Waals surface area contributed by atoms with Crippen LogP contribution in [0.15, 0.2) is 11.4 Å². The van der Waals surface area contributed by atoms with Gasteiger partial charge in [0.1, 0.15) is 4.88 Å². The predicted molar refractivity (Wildman–Crippen MR) is 74.0 cm³/mol. The summed E-state index contributed by atoms with van der Waals surface area (Å²) in [5.41, 5.74) is 1.65. The molecule has 1 saturated carbocycles. The summed E-state index contributed by atoms with van der Waals surface area (Å²) < 4.78 is 0. The number of hydrogen-bond acceptors (Lipinski definition) is 3. The standard InChI is InChI=1S/C14H21NO2S/c1-13(2)10(14(13,3)4)8-15-7-9-5-6-18-11(9)12(16)17/h5-6,10,15H,7-8H2,1-4H3,(H,16,17). The number of carbonyl (C=O) groups is 1. The van der Waals surface area contributed by atoms with Crippen molar-refractivity contribution in [3.8, 4) is 0 Å². The smallest absolute Gasteiger partial charge is 0.346 e. The molecule has 1 aliphatic rings. The van der Waals surface area contributed by atoms with E-state index in [1.54, 1.807) is 0 Å². The molecule has 2 N–H and O–H groups in total. The van der Waals surface area contributed by atoms with Crippen LogP contribution in [0.25, 0.3) is 0 Å². The van der Waals surface area contributed by atoms with E-state index in [-0.39, 0.29) is 0 Å². The molecule has 18 heavy (non-hydrogen) atoms. The number of nitrogens with one attached hydrogen (secondary N) is 1. The second kappa shape index (κ2) is 4.35. The minimum Gasteiger partial charge on any atom is -0.477 e. The van der Waals surface area contributed by atoms with E-state index in [1.165, 1.54) is 11.3 Å². The highest BCUT2D eigenvalue weighted by Gasteiger charge is 2.63. The average Bonchev–Trinajstić information content (AvgIpc) is 2.66. The Morgan fingerprint density at radius 2 is 2.00 bits per heavy atom. The van der Waals surface area contributed by atoms with Gasteiger partial charge in [-0.15, -0.1) is 11.3 Å². The molecule has 100 valence electrons. The minimum absolute atomic E-state index is 0.379. The maximum atomic E-state index is 11.0. The molecule has 0 atom stereocenters. The highest BCUT2D eigenvalue weighted by Crippen LogP contribution is 2.67. The molecule has 0 unspecified atom stereocenters. The van der Waals surface area contributed by atoms with Gasteiger partial charge in [0.15, 0.2) is 0 Å². The van der Waals surface area contributed by atoms with Crippen LogP contribution in [0.3, 0.4) is 0 Å². The molecule has 1 fully saturated rings. The van der Waals surface area contributed by atoms with Gasteiger partial charge in [0.25, 0.3) is 0 Å². The fourth-order valence-corrected chi connectivity index (χ4v) is 3.62. The van der Waals surface area contributed by atoms with Crippen molar-refractivity contribution in [2.75, 3.05) is 6.54 Å². The molecule has 3 nitrogen and oxygen atoms in total. The van der Waals surface area contributed by atoms with Crippen LogP contribution >= 0.6 is 11.3 Å². The zero-order valence-electron chi connectivity index (χ0n) is 11.4. The van der Waals surface area contributed by atoms with E-state index < -0.39 is 5.97 Å². The topological polar surface area (TPSA) is 49.3 Å². The summed E-state index contributed by atoms with van der Waals surface area (Å²) in [6.07, 6.45) is 0. The third-order valence-electron chi connectivity index (χ3n) is 4.92. The van der Waals surface area contributed by atoms with Crippen molar-refractivity contribution in [1.29, 1.82) is 0 Å². The first kappa shape index (κ1) is 13.6. The summed E-state index contributed by atoms with van der Waals surface area (Å²) in [6.45, 7) is 10.8. The lowest BCUT2D eigenvalue weighted by Gasteiger charge is -2.05. The number of thiophene rings is 1. The summed E-state index contributed by atoms with van der Waals surface area (Å²) in [5.74, 6) is -0.161. The van der Waals surface area contributed by atoms with Crippen molar-refractivity contribution in [2.45, 2.75) is 34.2 Å². The van der Waals surface area contributed by atoms with Crippen molar-refractivity contribution in [2.24, 2.45) is 16.7 Å². The Labute approximate surface area is 112 Å². The minimum atomic E-state index is -0.825. The highest BCUT2D eigenvalue weighted by atomic mass is 32.1. The number of aromatic carboxylic acids is 1. The second-order valence-electron chi connectivity index (χ2n) is 6.21. The van der Waals surface area contributed by atoms with E-state index >= 15 is 0 Å². The summed E-state index contributed by atoms with van der Waals surface area (Å²) in [4.78, 5) is 11.4. The van der Waals surface area contributed by atoms with Crippen LogP contribution in [0.5, 0.6) is 0 Å². The van der Waals surface area contributed by atoms with Gasteiger partial charge in [-0.2, -0.15) is 0 Å². The second-order valence-corrected chi connectivity index (χ2v) is 7.12. The van der Waals surface area contributed by atoms with Gasteiger partial charge < -0.3 is 10.4 Å². The van der Waals surface area contributed by atoms with E-state index in [2.05, 4.69) is 33.0 Å². The molecule has 1 aromatic heterocycles. The molecule has 0 radical (unpaired) electrons. The Hall–Kier alpha value is -0.870. The lowest BCUT2D eigenvalue weighted by molar-refractivity contribution is 0.0701. The van der Waals surface area contributed by atoms with E-state index in [9.17, 15) is 4.79 Å². The lowest BCUT2D eigenvalue weighted by atomic mass is 10.0. The SMILES string of the molecule is CC1(C)C(CNCc2ccsc2C(=O)O)C1(C)C. The average molecular weight is 267 g/mol. The van der Waals surface area contributed by atoms with Gasteiger partial charge in [-0.25, -0.2) is 4.79 Å². The normalized spacial score (nSPS) is 20.9. The third-order valence-corrected chi connectivity index (χ3v) is 5.87. The lowest BCUT2D eigenvalue weighted by Crippen LogP contribution is -2.19. The molecule has 4 heteroatoms. The van der Waals surface area contributed by atoms with Crippen LogP contribution in [0, 0.1) is 16.7 Å². The zero-order valence-corrected chi connectivity index (χ0v) is 12.2. The molecule has 1 heterocycles. The fourth-order valence-electron chi connectivity index (χ4n) is 2.86. The van der Waals surface area contributed by atoms with Gasteiger partial charge in [0.2, 0.25) is 0 Å². The highest BCUT2D eigenvalue weighted by molar-refractivity contribution is 7.12. The van der Waals surface area contributed by atoms with E-state index in [4.69, 9.17) is 5.11 Å². The Balaban J connectivity index is 1.87. The van der Waals surface area contributed by atoms with Gasteiger partial charge in [-0.05, 0) is 40.3 Å². The van der Waals surface area contributed by atoms with Crippen LogP contribution < -0.4 is 5.32 Å². The monoisotopic (exact) mass is 267 g/mol. The van der Waals surface area contributed by atoms with Crippen molar-refractivity contribution < 1.29 is 9.90 Å². The van der Waals surface area contributed by atoms with Crippen molar-refractivity contribution >= 4 is 17.3 Å². The first-order valence-corrected chi connectivity index (χ1v) is 7.17. The maximum absolute atomic E-state index is 11.0. The van der Waals surface area contributed by atoms with Gasteiger partial charge in [0, 0.05) is 6.54 Å². The molecular formula is C14H21NO2S. The number of rotatable bonds is 5. The first-order chi connectivity index (χ1) is 8.28. The van der Waals surface area contributed by atoms with Crippen LogP contribution in [0.1, 0.15) is 42.9 Å². The summed E-state index contributed by atoms with van der Waals surface area (Å²) >= 11 is 1.29.